The second-order valence-corrected chi connectivity index (χ2v) is 3.52. The van der Waals surface area contributed by atoms with E-state index < -0.39 is 0 Å². The van der Waals surface area contributed by atoms with Gasteiger partial charge in [-0.2, -0.15) is 0 Å². The second-order valence-electron chi connectivity index (χ2n) is 3.52. The summed E-state index contributed by atoms with van der Waals surface area (Å²) in [5, 5.41) is 0. The van der Waals surface area contributed by atoms with Crippen LogP contribution >= 0.6 is 0 Å². The van der Waals surface area contributed by atoms with Crippen molar-refractivity contribution in [1.29, 1.82) is 0 Å². The van der Waals surface area contributed by atoms with Crippen molar-refractivity contribution in [3.05, 3.63) is 35.6 Å². The number of hydrogen-bond donors (Lipinski definition) is 2. The lowest BCUT2D eigenvalue weighted by Gasteiger charge is -2.20. The van der Waals surface area contributed by atoms with Crippen molar-refractivity contribution in [2.75, 3.05) is 7.11 Å². The number of hydrogen-bond acceptors (Lipinski definition) is 3. The van der Waals surface area contributed by atoms with Gasteiger partial charge in [-0.25, -0.2) is 4.39 Å². The maximum Gasteiger partial charge on any atom is 0.128 e. The molecule has 0 aliphatic rings. The molecular formula is C11H17FN2O. The molecule has 0 aliphatic heterocycles. The normalized spacial score (nSPS) is 14.9. The van der Waals surface area contributed by atoms with Gasteiger partial charge in [0.05, 0.1) is 12.1 Å². The predicted octanol–water partition coefficient (Wildman–Crippen LogP) is 1.76. The average Bonchev–Trinajstić information content (AvgIpc) is 2.26. The van der Waals surface area contributed by atoms with Crippen LogP contribution in [0.3, 0.4) is 0 Å². The molecule has 0 saturated heterocycles. The minimum absolute atomic E-state index is 0.0330. The van der Waals surface area contributed by atoms with Crippen molar-refractivity contribution >= 4 is 0 Å². The van der Waals surface area contributed by atoms with Gasteiger partial charge in [0.15, 0.2) is 0 Å². The summed E-state index contributed by atoms with van der Waals surface area (Å²) in [6, 6.07) is 6.38. The summed E-state index contributed by atoms with van der Waals surface area (Å²) in [6.07, 6.45) is 0.666. The molecule has 3 nitrogen and oxygen atoms in total. The molecule has 0 amide bonds. The molecule has 1 aromatic carbocycles. The minimum atomic E-state index is -0.247. The van der Waals surface area contributed by atoms with Gasteiger partial charge < -0.3 is 4.74 Å². The van der Waals surface area contributed by atoms with Gasteiger partial charge in [-0.15, -0.1) is 0 Å². The zero-order valence-electron chi connectivity index (χ0n) is 9.03. The number of halogens is 1. The van der Waals surface area contributed by atoms with Crippen LogP contribution in [-0.2, 0) is 4.74 Å². The summed E-state index contributed by atoms with van der Waals surface area (Å²) in [7, 11) is 1.62. The lowest BCUT2D eigenvalue weighted by atomic mass is 10.0. The van der Waals surface area contributed by atoms with Gasteiger partial charge in [0, 0.05) is 12.7 Å². The van der Waals surface area contributed by atoms with Crippen LogP contribution in [-0.4, -0.2) is 13.2 Å². The summed E-state index contributed by atoms with van der Waals surface area (Å²) in [4.78, 5) is 0. The lowest BCUT2D eigenvalue weighted by Crippen LogP contribution is -2.31. The molecule has 1 aromatic rings. The quantitative estimate of drug-likeness (QED) is 0.577. The largest absolute Gasteiger partial charge is 0.382 e. The lowest BCUT2D eigenvalue weighted by molar-refractivity contribution is 0.1000. The van der Waals surface area contributed by atoms with Gasteiger partial charge in [-0.05, 0) is 19.4 Å². The number of nitrogens with one attached hydrogen (secondary N) is 1. The van der Waals surface area contributed by atoms with Crippen molar-refractivity contribution < 1.29 is 9.13 Å². The first-order valence-corrected chi connectivity index (χ1v) is 4.92. The van der Waals surface area contributed by atoms with E-state index in [-0.39, 0.29) is 18.0 Å². The van der Waals surface area contributed by atoms with Crippen molar-refractivity contribution in [2.45, 2.75) is 25.5 Å². The number of nitrogens with two attached hydrogens (primary N) is 1. The van der Waals surface area contributed by atoms with E-state index >= 15 is 0 Å². The Bertz CT molecular complexity index is 306. The Balaban J connectivity index is 2.78. The highest BCUT2D eigenvalue weighted by atomic mass is 19.1. The Hall–Kier alpha value is -0.970. The smallest absolute Gasteiger partial charge is 0.128 e. The molecule has 4 heteroatoms. The van der Waals surface area contributed by atoms with Crippen LogP contribution in [0.1, 0.15) is 24.9 Å². The van der Waals surface area contributed by atoms with E-state index in [0.29, 0.717) is 12.0 Å². The first kappa shape index (κ1) is 12.1. The molecule has 0 spiro atoms. The van der Waals surface area contributed by atoms with Crippen molar-refractivity contribution in [3.63, 3.8) is 0 Å². The van der Waals surface area contributed by atoms with Gasteiger partial charge in [-0.3, -0.25) is 11.3 Å². The zero-order chi connectivity index (χ0) is 11.3. The zero-order valence-corrected chi connectivity index (χ0v) is 9.03. The average molecular weight is 212 g/mol. The van der Waals surface area contributed by atoms with E-state index in [2.05, 4.69) is 5.43 Å². The molecule has 0 aliphatic carbocycles. The molecule has 3 N–H and O–H groups in total. The summed E-state index contributed by atoms with van der Waals surface area (Å²) in [5.74, 6) is 5.16. The van der Waals surface area contributed by atoms with Crippen molar-refractivity contribution in [2.24, 2.45) is 5.84 Å². The fourth-order valence-corrected chi connectivity index (χ4v) is 1.47. The molecule has 0 saturated carbocycles. The molecule has 0 bridgehead atoms. The SMILES string of the molecule is COC(C)CC(NN)c1ccccc1F. The standard InChI is InChI=1S/C11H17FN2O/c1-8(15-2)7-11(14-13)9-5-3-4-6-10(9)12/h3-6,8,11,14H,7,13H2,1-2H3. The third-order valence-electron chi connectivity index (χ3n) is 2.45. The van der Waals surface area contributed by atoms with Gasteiger partial charge >= 0.3 is 0 Å². The van der Waals surface area contributed by atoms with Crippen LogP contribution in [0.5, 0.6) is 0 Å². The number of ether oxygens (including phenoxy) is 1. The Labute approximate surface area is 89.4 Å². The Kier molecular flexibility index (Phi) is 4.68. The molecule has 0 radical (unpaired) electrons. The van der Waals surface area contributed by atoms with Crippen molar-refractivity contribution in [3.8, 4) is 0 Å². The van der Waals surface area contributed by atoms with E-state index in [1.165, 1.54) is 6.07 Å². The summed E-state index contributed by atoms with van der Waals surface area (Å²) >= 11 is 0. The highest BCUT2D eigenvalue weighted by Gasteiger charge is 2.16. The van der Waals surface area contributed by atoms with Crippen molar-refractivity contribution in [1.82, 2.24) is 5.43 Å². The maximum atomic E-state index is 13.4. The van der Waals surface area contributed by atoms with Crippen LogP contribution in [0.15, 0.2) is 24.3 Å². The number of methoxy groups -OCH3 is 1. The van der Waals surface area contributed by atoms with Crippen LogP contribution in [0, 0.1) is 5.82 Å². The van der Waals surface area contributed by atoms with E-state index in [1.54, 1.807) is 25.3 Å². The molecular weight excluding hydrogens is 195 g/mol. The van der Waals surface area contributed by atoms with Gasteiger partial charge in [0.2, 0.25) is 0 Å². The van der Waals surface area contributed by atoms with E-state index in [4.69, 9.17) is 10.6 Å². The molecule has 0 fully saturated rings. The third kappa shape index (κ3) is 3.27. The van der Waals surface area contributed by atoms with Gasteiger partial charge in [0.1, 0.15) is 5.82 Å². The Morgan fingerprint density at radius 1 is 1.47 bits per heavy atom. The van der Waals surface area contributed by atoms with E-state index in [9.17, 15) is 4.39 Å². The molecule has 2 unspecified atom stereocenters. The van der Waals surface area contributed by atoms with E-state index in [1.807, 2.05) is 6.92 Å². The molecule has 2 atom stereocenters. The first-order valence-electron chi connectivity index (χ1n) is 4.92. The van der Waals surface area contributed by atoms with Gasteiger partial charge in [-0.1, -0.05) is 18.2 Å². The minimum Gasteiger partial charge on any atom is -0.382 e. The van der Waals surface area contributed by atoms with Crippen LogP contribution in [0.25, 0.3) is 0 Å². The highest BCUT2D eigenvalue weighted by molar-refractivity contribution is 5.21. The van der Waals surface area contributed by atoms with Gasteiger partial charge in [0.25, 0.3) is 0 Å². The summed E-state index contributed by atoms with van der Waals surface area (Å²) in [6.45, 7) is 1.92. The summed E-state index contributed by atoms with van der Waals surface area (Å²) < 4.78 is 18.6. The monoisotopic (exact) mass is 212 g/mol. The fraction of sp³-hybridized carbons (Fsp3) is 0.455. The first-order chi connectivity index (χ1) is 7.19. The highest BCUT2D eigenvalue weighted by Crippen LogP contribution is 2.21. The molecule has 1 rings (SSSR count). The fourth-order valence-electron chi connectivity index (χ4n) is 1.47. The topological polar surface area (TPSA) is 47.3 Å². The Morgan fingerprint density at radius 2 is 2.13 bits per heavy atom. The van der Waals surface area contributed by atoms with Crippen LogP contribution < -0.4 is 11.3 Å². The number of rotatable bonds is 5. The van der Waals surface area contributed by atoms with Crippen LogP contribution in [0.4, 0.5) is 4.39 Å². The molecule has 15 heavy (non-hydrogen) atoms. The maximum absolute atomic E-state index is 13.4. The van der Waals surface area contributed by atoms with E-state index in [0.717, 1.165) is 0 Å². The second kappa shape index (κ2) is 5.80. The third-order valence-corrected chi connectivity index (χ3v) is 2.45. The number of benzene rings is 1. The Morgan fingerprint density at radius 3 is 2.67 bits per heavy atom. The van der Waals surface area contributed by atoms with Crippen LogP contribution in [0.2, 0.25) is 0 Å². The predicted molar refractivity (Wildman–Crippen MR) is 57.6 cm³/mol. The number of hydrazine groups is 1. The summed E-state index contributed by atoms with van der Waals surface area (Å²) in [5.41, 5.74) is 3.18. The molecule has 0 heterocycles. The molecule has 0 aromatic heterocycles. The molecule has 84 valence electrons.